The average Bonchev–Trinajstić information content (AvgIpc) is 2.74. The second-order valence-corrected chi connectivity index (χ2v) is 7.16. The molecular weight excluding hydrogens is 240 g/mol. The number of fused-ring (bicyclic) bond motifs is 1. The monoisotopic (exact) mass is 254 g/mol. The summed E-state index contributed by atoms with van der Waals surface area (Å²) in [5.74, 6) is 3.54. The smallest absolute Gasteiger partial charge is 0.161 e. The highest BCUT2D eigenvalue weighted by molar-refractivity contribution is 8.22. The summed E-state index contributed by atoms with van der Waals surface area (Å²) in [4.78, 5) is 23.4. The largest absolute Gasteiger partial charge is 0.300 e. The van der Waals surface area contributed by atoms with Crippen molar-refractivity contribution in [3.05, 3.63) is 9.81 Å². The van der Waals surface area contributed by atoms with E-state index in [0.717, 1.165) is 17.1 Å². The van der Waals surface area contributed by atoms with E-state index in [0.29, 0.717) is 36.7 Å². The molecule has 1 aliphatic heterocycles. The van der Waals surface area contributed by atoms with Crippen molar-refractivity contribution < 1.29 is 9.59 Å². The van der Waals surface area contributed by atoms with E-state index in [2.05, 4.69) is 0 Å². The van der Waals surface area contributed by atoms with E-state index in [-0.39, 0.29) is 5.92 Å². The molecule has 0 aromatic rings. The first-order chi connectivity index (χ1) is 7.75. The Kier molecular flexibility index (Phi) is 2.88. The summed E-state index contributed by atoms with van der Waals surface area (Å²) >= 11 is 3.65. The molecule has 0 amide bonds. The molecule has 2 nitrogen and oxygen atoms in total. The lowest BCUT2D eigenvalue weighted by molar-refractivity contribution is -0.118. The van der Waals surface area contributed by atoms with Crippen LogP contribution >= 0.6 is 23.5 Å². The average molecular weight is 254 g/mol. The number of carbonyl (C=O) groups excluding carboxylic acids is 2. The molecule has 3 fully saturated rings. The first-order valence-electron chi connectivity index (χ1n) is 5.80. The third-order valence-electron chi connectivity index (χ3n) is 3.60. The maximum atomic E-state index is 12.0. The van der Waals surface area contributed by atoms with Gasteiger partial charge < -0.3 is 0 Å². The summed E-state index contributed by atoms with van der Waals surface area (Å²) in [6.07, 6.45) is 3.11. The number of ketones is 2. The minimum Gasteiger partial charge on any atom is -0.300 e. The SMILES string of the molecule is O=C1C[C@@H]2CC(=O)C(=C3SCCCS3)[C@@H]2C1. The van der Waals surface area contributed by atoms with Gasteiger partial charge in [-0.3, -0.25) is 9.59 Å². The standard InChI is InChI=1S/C12H14O2S2/c13-8-4-7-5-10(14)11(9(7)6-8)12-15-2-1-3-16-12/h7,9H,1-6H2/t7-,9-/m1/s1. The lowest BCUT2D eigenvalue weighted by atomic mass is 9.98. The van der Waals surface area contributed by atoms with Crippen LogP contribution < -0.4 is 0 Å². The zero-order valence-corrected chi connectivity index (χ0v) is 10.7. The van der Waals surface area contributed by atoms with Gasteiger partial charge in [-0.2, -0.15) is 0 Å². The van der Waals surface area contributed by atoms with E-state index >= 15 is 0 Å². The normalized spacial score (nSPS) is 34.8. The minimum atomic E-state index is 0.271. The van der Waals surface area contributed by atoms with Gasteiger partial charge in [-0.25, -0.2) is 0 Å². The fourth-order valence-corrected chi connectivity index (χ4v) is 5.69. The van der Waals surface area contributed by atoms with Crippen LogP contribution in [0.3, 0.4) is 0 Å². The summed E-state index contributed by atoms with van der Waals surface area (Å²) in [5.41, 5.74) is 1.02. The Morgan fingerprint density at radius 1 is 1.00 bits per heavy atom. The van der Waals surface area contributed by atoms with Gasteiger partial charge in [-0.15, -0.1) is 23.5 Å². The van der Waals surface area contributed by atoms with Gasteiger partial charge in [0.15, 0.2) is 5.78 Å². The van der Waals surface area contributed by atoms with Gasteiger partial charge in [0.25, 0.3) is 0 Å². The Morgan fingerprint density at radius 3 is 2.50 bits per heavy atom. The van der Waals surface area contributed by atoms with Crippen LogP contribution in [0, 0.1) is 11.8 Å². The lowest BCUT2D eigenvalue weighted by Crippen LogP contribution is -2.07. The van der Waals surface area contributed by atoms with Crippen molar-refractivity contribution >= 4 is 35.1 Å². The molecular formula is C12H14O2S2. The van der Waals surface area contributed by atoms with Gasteiger partial charge in [0.2, 0.25) is 0 Å². The van der Waals surface area contributed by atoms with Gasteiger partial charge in [-0.05, 0) is 29.8 Å². The number of hydrogen-bond donors (Lipinski definition) is 0. The molecule has 3 aliphatic rings. The van der Waals surface area contributed by atoms with Crippen molar-refractivity contribution in [2.75, 3.05) is 11.5 Å². The van der Waals surface area contributed by atoms with Crippen LogP contribution in [-0.4, -0.2) is 23.1 Å². The van der Waals surface area contributed by atoms with E-state index < -0.39 is 0 Å². The highest BCUT2D eigenvalue weighted by atomic mass is 32.2. The molecule has 2 saturated carbocycles. The van der Waals surface area contributed by atoms with Crippen LogP contribution in [0.25, 0.3) is 0 Å². The Hall–Kier alpha value is -0.220. The number of thioether (sulfide) groups is 2. The zero-order chi connectivity index (χ0) is 11.1. The first-order valence-corrected chi connectivity index (χ1v) is 7.77. The van der Waals surface area contributed by atoms with Crippen molar-refractivity contribution in [2.45, 2.75) is 25.7 Å². The predicted octanol–water partition coefficient (Wildman–Crippen LogP) is 2.64. The molecule has 4 heteroatoms. The number of rotatable bonds is 0. The maximum Gasteiger partial charge on any atom is 0.161 e. The predicted molar refractivity (Wildman–Crippen MR) is 67.4 cm³/mol. The quantitative estimate of drug-likeness (QED) is 0.622. The molecule has 86 valence electrons. The summed E-state index contributed by atoms with van der Waals surface area (Å²) in [6.45, 7) is 0. The van der Waals surface area contributed by atoms with E-state index in [1.165, 1.54) is 10.7 Å². The second-order valence-electron chi connectivity index (χ2n) is 4.69. The second kappa shape index (κ2) is 4.22. The topological polar surface area (TPSA) is 34.1 Å². The fraction of sp³-hybridized carbons (Fsp3) is 0.667. The molecule has 0 aromatic carbocycles. The van der Waals surface area contributed by atoms with E-state index in [9.17, 15) is 9.59 Å². The number of hydrogen-bond acceptors (Lipinski definition) is 4. The molecule has 0 unspecified atom stereocenters. The Bertz CT molecular complexity index is 378. The molecule has 0 bridgehead atoms. The molecule has 16 heavy (non-hydrogen) atoms. The van der Waals surface area contributed by atoms with Crippen LogP contribution in [0.2, 0.25) is 0 Å². The van der Waals surface area contributed by atoms with Crippen LogP contribution in [0.5, 0.6) is 0 Å². The van der Waals surface area contributed by atoms with Crippen molar-refractivity contribution in [2.24, 2.45) is 11.8 Å². The van der Waals surface area contributed by atoms with Crippen LogP contribution in [0.4, 0.5) is 0 Å². The number of carbonyl (C=O) groups is 2. The zero-order valence-electron chi connectivity index (χ0n) is 9.03. The molecule has 0 aromatic heterocycles. The molecule has 0 radical (unpaired) electrons. The molecule has 1 saturated heterocycles. The highest BCUT2D eigenvalue weighted by Crippen LogP contribution is 2.50. The third-order valence-corrected chi connectivity index (χ3v) is 6.26. The molecule has 3 rings (SSSR count). The molecule has 0 spiro atoms. The van der Waals surface area contributed by atoms with Gasteiger partial charge in [0.05, 0.1) is 0 Å². The lowest BCUT2D eigenvalue weighted by Gasteiger charge is -2.17. The third kappa shape index (κ3) is 1.76. The van der Waals surface area contributed by atoms with Crippen LogP contribution in [0.15, 0.2) is 9.81 Å². The van der Waals surface area contributed by atoms with E-state index in [4.69, 9.17) is 0 Å². The van der Waals surface area contributed by atoms with Crippen LogP contribution in [-0.2, 0) is 9.59 Å². The summed E-state index contributed by atoms with van der Waals surface area (Å²) in [5, 5.41) is 0. The minimum absolute atomic E-state index is 0.271. The summed E-state index contributed by atoms with van der Waals surface area (Å²) in [7, 11) is 0. The number of Topliss-reactive ketones (excluding diaryl/α,β-unsaturated/α-hetero) is 2. The van der Waals surface area contributed by atoms with Crippen molar-refractivity contribution in [1.29, 1.82) is 0 Å². The van der Waals surface area contributed by atoms with E-state index in [1.54, 1.807) is 0 Å². The van der Waals surface area contributed by atoms with Crippen molar-refractivity contribution in [3.8, 4) is 0 Å². The summed E-state index contributed by atoms with van der Waals surface area (Å²) in [6, 6.07) is 0. The Balaban J connectivity index is 1.93. The summed E-state index contributed by atoms with van der Waals surface area (Å²) < 4.78 is 1.23. The first kappa shape index (κ1) is 10.9. The molecule has 2 atom stereocenters. The van der Waals surface area contributed by atoms with Crippen molar-refractivity contribution in [3.63, 3.8) is 0 Å². The number of allylic oxidation sites excluding steroid dienone is 1. The van der Waals surface area contributed by atoms with Gasteiger partial charge in [0.1, 0.15) is 5.78 Å². The Labute approximate surface area is 104 Å². The van der Waals surface area contributed by atoms with Gasteiger partial charge in [-0.1, -0.05) is 0 Å². The molecule has 2 aliphatic carbocycles. The maximum absolute atomic E-state index is 12.0. The van der Waals surface area contributed by atoms with Crippen molar-refractivity contribution in [1.82, 2.24) is 0 Å². The van der Waals surface area contributed by atoms with E-state index in [1.807, 2.05) is 23.5 Å². The Morgan fingerprint density at radius 2 is 1.75 bits per heavy atom. The molecule has 0 N–H and O–H groups in total. The van der Waals surface area contributed by atoms with Crippen LogP contribution in [0.1, 0.15) is 25.7 Å². The molecule has 1 heterocycles. The highest BCUT2D eigenvalue weighted by Gasteiger charge is 2.45. The van der Waals surface area contributed by atoms with Gasteiger partial charge >= 0.3 is 0 Å². The van der Waals surface area contributed by atoms with Gasteiger partial charge in [0, 0.05) is 29.1 Å². The fourth-order valence-electron chi connectivity index (χ4n) is 2.89.